The van der Waals surface area contributed by atoms with Gasteiger partial charge < -0.3 is 9.80 Å². The molecule has 3 heterocycles. The van der Waals surface area contributed by atoms with Crippen LogP contribution in [0.1, 0.15) is 32.6 Å². The summed E-state index contributed by atoms with van der Waals surface area (Å²) in [6.45, 7) is 5.18. The molecule has 29 heavy (non-hydrogen) atoms. The highest BCUT2D eigenvalue weighted by Gasteiger charge is 2.31. The van der Waals surface area contributed by atoms with E-state index < -0.39 is 0 Å². The lowest BCUT2D eigenvalue weighted by molar-refractivity contribution is -0.142. The summed E-state index contributed by atoms with van der Waals surface area (Å²) in [6.07, 6.45) is 3.59. The van der Waals surface area contributed by atoms with Gasteiger partial charge in [-0.15, -0.1) is 0 Å². The van der Waals surface area contributed by atoms with Gasteiger partial charge in [0.2, 0.25) is 11.8 Å². The molecule has 0 N–H and O–H groups in total. The van der Waals surface area contributed by atoms with Crippen LogP contribution < -0.4 is 5.69 Å². The van der Waals surface area contributed by atoms with E-state index in [1.165, 1.54) is 0 Å². The molecule has 1 aromatic heterocycles. The van der Waals surface area contributed by atoms with Crippen molar-refractivity contribution in [3.63, 3.8) is 0 Å². The normalized spacial score (nSPS) is 19.1. The zero-order valence-corrected chi connectivity index (χ0v) is 17.3. The van der Waals surface area contributed by atoms with Crippen LogP contribution >= 0.6 is 0 Å². The second kappa shape index (κ2) is 8.05. The fourth-order valence-electron chi connectivity index (χ4n) is 4.61. The maximum absolute atomic E-state index is 12.8. The fourth-order valence-corrected chi connectivity index (χ4v) is 4.61. The number of para-hydroxylation sites is 2. The highest BCUT2D eigenvalue weighted by molar-refractivity contribution is 5.82. The van der Waals surface area contributed by atoms with Gasteiger partial charge in [0.25, 0.3) is 0 Å². The number of aromatic nitrogens is 2. The lowest BCUT2D eigenvalue weighted by atomic mass is 9.92. The van der Waals surface area contributed by atoms with E-state index in [2.05, 4.69) is 6.92 Å². The third kappa shape index (κ3) is 3.82. The molecule has 0 atom stereocenters. The minimum absolute atomic E-state index is 0.0211. The molecular formula is C22H30N4O3. The molecule has 2 amide bonds. The number of benzene rings is 1. The highest BCUT2D eigenvalue weighted by atomic mass is 16.2. The van der Waals surface area contributed by atoms with Crippen molar-refractivity contribution < 1.29 is 9.59 Å². The molecule has 0 unspecified atom stereocenters. The van der Waals surface area contributed by atoms with Crippen molar-refractivity contribution in [3.8, 4) is 0 Å². The van der Waals surface area contributed by atoms with Gasteiger partial charge in [0, 0.05) is 39.1 Å². The van der Waals surface area contributed by atoms with Gasteiger partial charge in [0.15, 0.2) is 0 Å². The number of piperidine rings is 2. The van der Waals surface area contributed by atoms with Gasteiger partial charge in [-0.05, 0) is 43.7 Å². The number of hydrogen-bond acceptors (Lipinski definition) is 3. The molecule has 0 aliphatic carbocycles. The first-order valence-corrected chi connectivity index (χ1v) is 10.7. The van der Waals surface area contributed by atoms with E-state index in [1.54, 1.807) is 21.1 Å². The zero-order valence-electron chi connectivity index (χ0n) is 17.3. The van der Waals surface area contributed by atoms with Crippen LogP contribution in [0, 0.1) is 11.8 Å². The van der Waals surface area contributed by atoms with Crippen molar-refractivity contribution in [2.45, 2.75) is 39.2 Å². The molecule has 2 aromatic rings. The van der Waals surface area contributed by atoms with Crippen LogP contribution in [0.15, 0.2) is 29.1 Å². The number of amides is 2. The minimum Gasteiger partial charge on any atom is -0.342 e. The Morgan fingerprint density at radius 2 is 1.52 bits per heavy atom. The number of carbonyl (C=O) groups is 2. The van der Waals surface area contributed by atoms with Crippen molar-refractivity contribution in [3.05, 3.63) is 34.7 Å². The van der Waals surface area contributed by atoms with E-state index in [-0.39, 0.29) is 30.0 Å². The number of fused-ring (bicyclic) bond motifs is 1. The summed E-state index contributed by atoms with van der Waals surface area (Å²) < 4.78 is 3.12. The summed E-state index contributed by atoms with van der Waals surface area (Å²) in [4.78, 5) is 42.0. The molecule has 2 aliphatic rings. The molecule has 1 aromatic carbocycles. The Bertz CT molecular complexity index is 960. The molecule has 7 nitrogen and oxygen atoms in total. The Kier molecular flexibility index (Phi) is 5.48. The summed E-state index contributed by atoms with van der Waals surface area (Å²) in [5.74, 6) is 0.930. The predicted octanol–water partition coefficient (Wildman–Crippen LogP) is 1.84. The van der Waals surface area contributed by atoms with Gasteiger partial charge in [-0.2, -0.15) is 0 Å². The molecule has 2 aliphatic heterocycles. The third-order valence-electron chi connectivity index (χ3n) is 6.64. The molecule has 0 bridgehead atoms. The summed E-state index contributed by atoms with van der Waals surface area (Å²) in [5.41, 5.74) is 1.42. The van der Waals surface area contributed by atoms with Crippen molar-refractivity contribution in [1.82, 2.24) is 18.9 Å². The van der Waals surface area contributed by atoms with Crippen LogP contribution in [0.4, 0.5) is 0 Å². The van der Waals surface area contributed by atoms with Crippen molar-refractivity contribution >= 4 is 22.8 Å². The maximum atomic E-state index is 12.8. The average Bonchev–Trinajstić information content (AvgIpc) is 2.99. The lowest BCUT2D eigenvalue weighted by Gasteiger charge is -2.36. The van der Waals surface area contributed by atoms with Crippen LogP contribution in [-0.4, -0.2) is 56.9 Å². The van der Waals surface area contributed by atoms with E-state index in [4.69, 9.17) is 0 Å². The number of hydrogen-bond donors (Lipinski definition) is 0. The molecule has 156 valence electrons. The van der Waals surface area contributed by atoms with Gasteiger partial charge in [0.1, 0.15) is 6.54 Å². The summed E-state index contributed by atoms with van der Waals surface area (Å²) >= 11 is 0. The van der Waals surface area contributed by atoms with Crippen LogP contribution in [0.25, 0.3) is 11.0 Å². The Morgan fingerprint density at radius 1 is 0.931 bits per heavy atom. The standard InChI is InChI=1S/C22H30N4O3/c1-16-7-11-25(12-8-16)21(28)17-9-13-24(14-10-17)20(27)15-26-19-6-4-3-5-18(19)23(2)22(26)29/h3-6,16-17H,7-15H2,1-2H3. The number of aryl methyl sites for hydroxylation is 1. The van der Waals surface area contributed by atoms with Crippen molar-refractivity contribution in [1.29, 1.82) is 0 Å². The van der Waals surface area contributed by atoms with Crippen LogP contribution in [0.3, 0.4) is 0 Å². The second-order valence-electron chi connectivity index (χ2n) is 8.58. The molecular weight excluding hydrogens is 368 g/mol. The highest BCUT2D eigenvalue weighted by Crippen LogP contribution is 2.24. The zero-order chi connectivity index (χ0) is 20.5. The Hall–Kier alpha value is -2.57. The fraction of sp³-hybridized carbons (Fsp3) is 0.591. The molecule has 7 heteroatoms. The van der Waals surface area contributed by atoms with E-state index in [0.29, 0.717) is 31.8 Å². The number of rotatable bonds is 3. The maximum Gasteiger partial charge on any atom is 0.329 e. The first-order chi connectivity index (χ1) is 14.0. The monoisotopic (exact) mass is 398 g/mol. The molecule has 0 radical (unpaired) electrons. The van der Waals surface area contributed by atoms with Crippen LogP contribution in [0.2, 0.25) is 0 Å². The summed E-state index contributed by atoms with van der Waals surface area (Å²) in [6, 6.07) is 7.52. The first-order valence-electron chi connectivity index (χ1n) is 10.7. The summed E-state index contributed by atoms with van der Waals surface area (Å²) in [7, 11) is 1.73. The lowest BCUT2D eigenvalue weighted by Crippen LogP contribution is -2.47. The minimum atomic E-state index is -0.177. The van der Waals surface area contributed by atoms with Gasteiger partial charge in [-0.1, -0.05) is 19.1 Å². The van der Waals surface area contributed by atoms with Gasteiger partial charge in [-0.25, -0.2) is 4.79 Å². The van der Waals surface area contributed by atoms with Crippen LogP contribution in [-0.2, 0) is 23.2 Å². The molecule has 2 fully saturated rings. The SMILES string of the molecule is CC1CCN(C(=O)C2CCN(C(=O)Cn3c(=O)n(C)c4ccccc43)CC2)CC1. The van der Waals surface area contributed by atoms with E-state index >= 15 is 0 Å². The van der Waals surface area contributed by atoms with Gasteiger partial charge in [0.05, 0.1) is 11.0 Å². The molecule has 4 rings (SSSR count). The predicted molar refractivity (Wildman–Crippen MR) is 111 cm³/mol. The first kappa shape index (κ1) is 19.7. The van der Waals surface area contributed by atoms with E-state index in [1.807, 2.05) is 29.2 Å². The molecule has 0 spiro atoms. The number of carbonyl (C=O) groups excluding carboxylic acids is 2. The van der Waals surface area contributed by atoms with Crippen molar-refractivity contribution in [2.75, 3.05) is 26.2 Å². The Morgan fingerprint density at radius 3 is 2.17 bits per heavy atom. The van der Waals surface area contributed by atoms with E-state index in [9.17, 15) is 14.4 Å². The Labute approximate surface area is 170 Å². The number of nitrogens with zero attached hydrogens (tertiary/aromatic N) is 4. The van der Waals surface area contributed by atoms with Crippen LogP contribution in [0.5, 0.6) is 0 Å². The topological polar surface area (TPSA) is 67.6 Å². The number of likely N-dealkylation sites (tertiary alicyclic amines) is 2. The average molecular weight is 399 g/mol. The Balaban J connectivity index is 1.37. The van der Waals surface area contributed by atoms with Gasteiger partial charge >= 0.3 is 5.69 Å². The largest absolute Gasteiger partial charge is 0.342 e. The molecule has 0 saturated carbocycles. The summed E-state index contributed by atoms with van der Waals surface area (Å²) in [5, 5.41) is 0. The molecule has 2 saturated heterocycles. The quantitative estimate of drug-likeness (QED) is 0.792. The third-order valence-corrected chi connectivity index (χ3v) is 6.64. The number of imidazole rings is 1. The van der Waals surface area contributed by atoms with Gasteiger partial charge in [-0.3, -0.25) is 18.7 Å². The second-order valence-corrected chi connectivity index (χ2v) is 8.58. The van der Waals surface area contributed by atoms with Crippen molar-refractivity contribution in [2.24, 2.45) is 18.9 Å². The smallest absolute Gasteiger partial charge is 0.329 e. The van der Waals surface area contributed by atoms with E-state index in [0.717, 1.165) is 37.0 Å².